The van der Waals surface area contributed by atoms with Crippen LogP contribution in [0.25, 0.3) is 0 Å². The number of allylic oxidation sites excluding steroid dienone is 16. The van der Waals surface area contributed by atoms with E-state index in [0.29, 0.717) is 99.7 Å². The van der Waals surface area contributed by atoms with Gasteiger partial charge in [0.15, 0.2) is 0 Å². The van der Waals surface area contributed by atoms with Crippen molar-refractivity contribution in [2.75, 3.05) is 0 Å². The molecule has 2 heteroatoms. The van der Waals surface area contributed by atoms with Gasteiger partial charge in [-0.1, -0.05) is 227 Å². The summed E-state index contributed by atoms with van der Waals surface area (Å²) in [6.45, 7) is 15.3. The van der Waals surface area contributed by atoms with Crippen molar-refractivity contribution in [3.63, 3.8) is 0 Å². The molecule has 77 heavy (non-hydrogen) atoms. The first-order chi connectivity index (χ1) is 37.5. The van der Waals surface area contributed by atoms with Gasteiger partial charge in [-0.15, -0.1) is 11.8 Å². The lowest BCUT2D eigenvalue weighted by atomic mass is 9.40. The fourth-order valence-corrected chi connectivity index (χ4v) is 21.3. The third-order valence-electron chi connectivity index (χ3n) is 23.0. The van der Waals surface area contributed by atoms with E-state index in [1.807, 2.05) is 11.1 Å². The van der Waals surface area contributed by atoms with Crippen molar-refractivity contribution in [2.45, 2.75) is 145 Å². The topological polar surface area (TPSA) is 0 Å². The molecule has 1 saturated heterocycles. The lowest BCUT2D eigenvalue weighted by Crippen LogP contribution is -2.47. The molecule has 0 amide bonds. The van der Waals surface area contributed by atoms with E-state index in [1.54, 1.807) is 55.0 Å². The average Bonchev–Trinajstić information content (AvgIpc) is 3.94. The molecule has 0 N–H and O–H groups in total. The van der Waals surface area contributed by atoms with Crippen LogP contribution in [-0.2, 0) is 6.42 Å². The molecule has 0 aromatic heterocycles. The van der Waals surface area contributed by atoms with E-state index in [1.165, 1.54) is 70.6 Å². The second-order valence-corrected chi connectivity index (χ2v) is 29.9. The summed E-state index contributed by atoms with van der Waals surface area (Å²) in [4.78, 5) is 1.56. The number of benzene rings is 4. The maximum Gasteiger partial charge on any atom is 0.143 e. The minimum atomic E-state index is 0.0375. The van der Waals surface area contributed by atoms with Gasteiger partial charge in [-0.2, -0.15) is 0 Å². The minimum Gasteiger partial charge on any atom is -0.130 e. The Kier molecular flexibility index (Phi) is 12.1. The van der Waals surface area contributed by atoms with Gasteiger partial charge in [0.1, 0.15) is 7.28 Å². The second kappa shape index (κ2) is 18.9. The van der Waals surface area contributed by atoms with Crippen LogP contribution >= 0.6 is 11.8 Å². The zero-order valence-electron chi connectivity index (χ0n) is 47.1. The Bertz CT molecular complexity index is 3230. The van der Waals surface area contributed by atoms with Crippen molar-refractivity contribution >= 4 is 19.0 Å². The third-order valence-corrected chi connectivity index (χ3v) is 24.4. The van der Waals surface area contributed by atoms with Gasteiger partial charge >= 0.3 is 0 Å². The molecule has 17 atom stereocenters. The fourth-order valence-electron chi connectivity index (χ4n) is 19.7. The molecular weight excluding hydrogens is 944 g/mol. The molecule has 392 valence electrons. The van der Waals surface area contributed by atoms with E-state index in [4.69, 9.17) is 0 Å². The van der Waals surface area contributed by atoms with Crippen LogP contribution in [0.4, 0.5) is 0 Å². The first-order valence-electron chi connectivity index (χ1n) is 31.0. The number of hydrogen-bond donors (Lipinski definition) is 0. The summed E-state index contributed by atoms with van der Waals surface area (Å²) < 4.78 is 0. The zero-order chi connectivity index (χ0) is 51.9. The Hall–Kier alpha value is -4.79. The standard InChI is InChI=1S/C75H83BS/c1-74(2,3)49-37-56-54(44-23-11-7-12-24-44)41-55-51-32-20-19-25-45(51)35-36-52(55)68-58-43-60-59(42-57(58)65(61(38-49)69(56)68)46-26-13-8-14-27-46)66(47-28-15-9-16-29-47)62-39-50(75(4,5)6)40-63-67(48-30-17-10-18-31-48)71-53-33-21-22-34-64(53)77-73(71)76-72(60)70(62)63/h8-11,13-17,19-23,25-30,32-34,39-40,42-44,49,52,54-55,59-61,63,65-68,70-73,76H,7,12,18,24,31,35-38,41H2,1-6H3/t44?,49?,52?,54?,55?,59?,60?,61?,63?,65?,66?,67-,68?,70?,71?,72?,73?/m0/s1. The number of fused-ring (bicyclic) bond motifs is 11. The van der Waals surface area contributed by atoms with Gasteiger partial charge in [-0.3, -0.25) is 0 Å². The van der Waals surface area contributed by atoms with Gasteiger partial charge < -0.3 is 0 Å². The van der Waals surface area contributed by atoms with Crippen molar-refractivity contribution in [3.8, 4) is 0 Å². The molecule has 11 aliphatic rings. The number of thioether (sulfide) groups is 1. The Morgan fingerprint density at radius 1 is 0.597 bits per heavy atom. The normalized spacial score (nSPS) is 37.4. The first-order valence-corrected chi connectivity index (χ1v) is 31.9. The van der Waals surface area contributed by atoms with Gasteiger partial charge in [0.25, 0.3) is 0 Å². The highest BCUT2D eigenvalue weighted by molar-refractivity contribution is 8.01. The largest absolute Gasteiger partial charge is 0.143 e. The maximum atomic E-state index is 3.15. The van der Waals surface area contributed by atoms with E-state index in [9.17, 15) is 0 Å². The van der Waals surface area contributed by atoms with Crippen LogP contribution in [0.1, 0.15) is 151 Å². The molecule has 9 aliphatic carbocycles. The summed E-state index contributed by atoms with van der Waals surface area (Å²) in [5.74, 6) is 8.03. The highest BCUT2D eigenvalue weighted by atomic mass is 32.2. The molecule has 16 unspecified atom stereocenters. The van der Waals surface area contributed by atoms with E-state index in [0.717, 1.165) is 6.42 Å². The fraction of sp³-hybridized carbons (Fsp3) is 0.467. The summed E-state index contributed by atoms with van der Waals surface area (Å²) >= 11 is 2.28. The van der Waals surface area contributed by atoms with Gasteiger partial charge in [0, 0.05) is 22.6 Å². The SMILES string of the molecule is CC(C)(C)C1=CC2C3C(=C1)C(c1ccccc1)C1C=C4C(=CC1C3BC1Sc3ccccc3C1[C@H]2C1=CC=CCC1)C1C2=C(CC(C(C)(C)C)CC2C4c2ccccc2)C(C2C=CCCC2)CC2c3ccccc3CCC12. The van der Waals surface area contributed by atoms with Crippen LogP contribution in [0, 0.1) is 75.9 Å². The number of rotatable bonds is 4. The predicted octanol–water partition coefficient (Wildman–Crippen LogP) is 18.9. The maximum absolute atomic E-state index is 3.15. The summed E-state index contributed by atoms with van der Waals surface area (Å²) in [5, 5.41) is 0.557. The summed E-state index contributed by atoms with van der Waals surface area (Å²) in [5.41, 5.74) is 20.9. The lowest BCUT2D eigenvalue weighted by Gasteiger charge is -2.57. The average molecular weight is 1030 g/mol. The minimum absolute atomic E-state index is 0.0375. The zero-order valence-corrected chi connectivity index (χ0v) is 47.9. The molecule has 2 saturated carbocycles. The molecule has 3 fully saturated rings. The highest BCUT2D eigenvalue weighted by Crippen LogP contribution is 2.71. The Labute approximate surface area is 468 Å². The molecule has 0 bridgehead atoms. The monoisotopic (exact) mass is 1030 g/mol. The number of aryl methyl sites for hydroxylation is 1. The summed E-state index contributed by atoms with van der Waals surface area (Å²) in [6.07, 6.45) is 37.5. The van der Waals surface area contributed by atoms with Crippen LogP contribution in [0.3, 0.4) is 0 Å². The highest BCUT2D eigenvalue weighted by Gasteiger charge is 2.61. The molecule has 2 heterocycles. The van der Waals surface area contributed by atoms with Crippen LogP contribution in [0.2, 0.25) is 5.82 Å². The molecule has 0 spiro atoms. The van der Waals surface area contributed by atoms with Crippen molar-refractivity contribution in [2.24, 2.45) is 75.9 Å². The molecule has 0 nitrogen and oxygen atoms in total. The van der Waals surface area contributed by atoms with Crippen molar-refractivity contribution < 1.29 is 0 Å². The molecule has 2 aliphatic heterocycles. The van der Waals surface area contributed by atoms with Crippen LogP contribution < -0.4 is 0 Å². The molecular formula is C75H83BS. The van der Waals surface area contributed by atoms with Crippen LogP contribution in [-0.4, -0.2) is 12.4 Å². The smallest absolute Gasteiger partial charge is 0.130 e. The van der Waals surface area contributed by atoms with Crippen LogP contribution in [0.15, 0.2) is 208 Å². The van der Waals surface area contributed by atoms with Gasteiger partial charge in [0.05, 0.1) is 0 Å². The van der Waals surface area contributed by atoms with Gasteiger partial charge in [0.2, 0.25) is 0 Å². The summed E-state index contributed by atoms with van der Waals surface area (Å²) in [7, 11) is 1.28. The molecule has 4 aromatic carbocycles. The van der Waals surface area contributed by atoms with E-state index < -0.39 is 0 Å². The Morgan fingerprint density at radius 3 is 2.06 bits per heavy atom. The Morgan fingerprint density at radius 2 is 1.32 bits per heavy atom. The van der Waals surface area contributed by atoms with Crippen molar-refractivity contribution in [1.29, 1.82) is 0 Å². The van der Waals surface area contributed by atoms with Crippen LogP contribution in [0.5, 0.6) is 0 Å². The molecule has 4 aromatic rings. The van der Waals surface area contributed by atoms with E-state index in [-0.39, 0.29) is 10.8 Å². The van der Waals surface area contributed by atoms with E-state index in [2.05, 4.69) is 217 Å². The quantitative estimate of drug-likeness (QED) is 0.145. The first kappa shape index (κ1) is 49.3. The van der Waals surface area contributed by atoms with Crippen molar-refractivity contribution in [1.82, 2.24) is 0 Å². The van der Waals surface area contributed by atoms with Gasteiger partial charge in [-0.25, -0.2) is 0 Å². The Balaban J connectivity index is 1.00. The predicted molar refractivity (Wildman–Crippen MR) is 326 cm³/mol. The van der Waals surface area contributed by atoms with Crippen molar-refractivity contribution in [3.05, 3.63) is 231 Å². The molecule has 0 radical (unpaired) electrons. The number of hydrogen-bond acceptors (Lipinski definition) is 1. The third kappa shape index (κ3) is 8.02. The molecule has 15 rings (SSSR count). The lowest BCUT2D eigenvalue weighted by molar-refractivity contribution is 0.160. The summed E-state index contributed by atoms with van der Waals surface area (Å²) in [6, 6.07) is 43.9. The van der Waals surface area contributed by atoms with Gasteiger partial charge in [-0.05, 0) is 202 Å². The van der Waals surface area contributed by atoms with E-state index >= 15 is 0 Å². The second-order valence-electron chi connectivity index (χ2n) is 28.6.